The maximum atomic E-state index is 12.1. The van der Waals surface area contributed by atoms with Crippen LogP contribution in [0.3, 0.4) is 0 Å². The smallest absolute Gasteiger partial charge is 0.338 e. The van der Waals surface area contributed by atoms with Crippen LogP contribution in [0.2, 0.25) is 0 Å². The third-order valence-electron chi connectivity index (χ3n) is 3.88. The Morgan fingerprint density at radius 1 is 1.03 bits per heavy atom. The lowest BCUT2D eigenvalue weighted by molar-refractivity contribution is -0.113. The van der Waals surface area contributed by atoms with Crippen LogP contribution in [0.1, 0.15) is 23.2 Å². The summed E-state index contributed by atoms with van der Waals surface area (Å²) in [7, 11) is 1.59. The van der Waals surface area contributed by atoms with Crippen LogP contribution in [-0.4, -0.2) is 41.5 Å². The minimum Gasteiger partial charge on any atom is -0.497 e. The van der Waals surface area contributed by atoms with Gasteiger partial charge < -0.3 is 23.9 Å². The van der Waals surface area contributed by atoms with Gasteiger partial charge in [0.15, 0.2) is 6.61 Å². The van der Waals surface area contributed by atoms with Gasteiger partial charge in [-0.05, 0) is 55.5 Å². The van der Waals surface area contributed by atoms with Gasteiger partial charge >= 0.3 is 5.97 Å². The van der Waals surface area contributed by atoms with Crippen LogP contribution in [0.5, 0.6) is 11.5 Å². The predicted molar refractivity (Wildman–Crippen MR) is 113 cm³/mol. The van der Waals surface area contributed by atoms with Gasteiger partial charge in [0, 0.05) is 5.69 Å². The SMILES string of the molecule is CCOC(=O)c1ccc(NC(=O)CSc2nnc(COc3ccc(OC)cc3)o2)cc1. The van der Waals surface area contributed by atoms with Gasteiger partial charge in [-0.15, -0.1) is 10.2 Å². The fourth-order valence-corrected chi connectivity index (χ4v) is 2.98. The lowest BCUT2D eigenvalue weighted by Gasteiger charge is -2.06. The number of benzene rings is 2. The maximum Gasteiger partial charge on any atom is 0.338 e. The number of ether oxygens (including phenoxy) is 3. The zero-order valence-electron chi connectivity index (χ0n) is 17.0. The highest BCUT2D eigenvalue weighted by molar-refractivity contribution is 7.99. The van der Waals surface area contributed by atoms with Crippen molar-refractivity contribution >= 4 is 29.3 Å². The third-order valence-corrected chi connectivity index (χ3v) is 4.70. The molecule has 31 heavy (non-hydrogen) atoms. The number of aromatic nitrogens is 2. The maximum absolute atomic E-state index is 12.1. The molecule has 0 bridgehead atoms. The van der Waals surface area contributed by atoms with Crippen molar-refractivity contribution in [1.29, 1.82) is 0 Å². The van der Waals surface area contributed by atoms with E-state index in [1.54, 1.807) is 62.6 Å². The first-order chi connectivity index (χ1) is 15.1. The second kappa shape index (κ2) is 11.0. The number of esters is 1. The highest BCUT2D eigenvalue weighted by Gasteiger charge is 2.11. The van der Waals surface area contributed by atoms with Crippen LogP contribution >= 0.6 is 11.8 Å². The van der Waals surface area contributed by atoms with Gasteiger partial charge in [-0.2, -0.15) is 0 Å². The Morgan fingerprint density at radius 3 is 2.42 bits per heavy atom. The van der Waals surface area contributed by atoms with Gasteiger partial charge in [0.1, 0.15) is 11.5 Å². The van der Waals surface area contributed by atoms with E-state index in [4.69, 9.17) is 18.6 Å². The minimum absolute atomic E-state index is 0.0839. The van der Waals surface area contributed by atoms with Crippen LogP contribution in [0.25, 0.3) is 0 Å². The Bertz CT molecular complexity index is 1000. The Hall–Kier alpha value is -3.53. The fourth-order valence-electron chi connectivity index (χ4n) is 2.40. The lowest BCUT2D eigenvalue weighted by Crippen LogP contribution is -2.14. The summed E-state index contributed by atoms with van der Waals surface area (Å²) in [6, 6.07) is 13.6. The molecule has 0 aliphatic carbocycles. The average Bonchev–Trinajstić information content (AvgIpc) is 3.25. The molecule has 0 spiro atoms. The Labute approximate surface area is 183 Å². The molecular formula is C21H21N3O6S. The summed E-state index contributed by atoms with van der Waals surface area (Å²) in [6.07, 6.45) is 0. The van der Waals surface area contributed by atoms with Crippen molar-refractivity contribution < 1.29 is 28.2 Å². The van der Waals surface area contributed by atoms with Crippen molar-refractivity contribution in [2.24, 2.45) is 0 Å². The molecule has 0 saturated carbocycles. The standard InChI is InChI=1S/C21H21N3O6S/c1-3-28-20(26)14-4-6-15(7-5-14)22-18(25)13-31-21-24-23-19(30-21)12-29-17-10-8-16(27-2)9-11-17/h4-11H,3,12-13H2,1-2H3,(H,22,25). The van der Waals surface area contributed by atoms with E-state index >= 15 is 0 Å². The molecule has 2 aromatic carbocycles. The Morgan fingerprint density at radius 2 is 1.74 bits per heavy atom. The number of hydrogen-bond acceptors (Lipinski definition) is 9. The number of nitrogens with zero attached hydrogens (tertiary/aromatic N) is 2. The number of carbonyl (C=O) groups excluding carboxylic acids is 2. The predicted octanol–water partition coefficient (Wildman–Crippen LogP) is 3.56. The van der Waals surface area contributed by atoms with E-state index in [2.05, 4.69) is 15.5 Å². The van der Waals surface area contributed by atoms with Gasteiger partial charge in [0.2, 0.25) is 5.91 Å². The van der Waals surface area contributed by atoms with Crippen molar-refractivity contribution in [1.82, 2.24) is 10.2 Å². The lowest BCUT2D eigenvalue weighted by atomic mass is 10.2. The molecule has 10 heteroatoms. The molecule has 1 N–H and O–H groups in total. The monoisotopic (exact) mass is 443 g/mol. The molecule has 0 aliphatic rings. The first-order valence-corrected chi connectivity index (χ1v) is 10.3. The van der Waals surface area contributed by atoms with E-state index in [1.807, 2.05) is 0 Å². The number of hydrogen-bond donors (Lipinski definition) is 1. The normalized spacial score (nSPS) is 10.4. The topological polar surface area (TPSA) is 113 Å². The van der Waals surface area contributed by atoms with Crippen LogP contribution < -0.4 is 14.8 Å². The molecule has 0 saturated heterocycles. The molecule has 0 radical (unpaired) electrons. The summed E-state index contributed by atoms with van der Waals surface area (Å²) in [6.45, 7) is 2.16. The highest BCUT2D eigenvalue weighted by Crippen LogP contribution is 2.20. The highest BCUT2D eigenvalue weighted by atomic mass is 32.2. The quantitative estimate of drug-likeness (QED) is 0.371. The molecule has 1 amide bonds. The zero-order valence-corrected chi connectivity index (χ0v) is 17.8. The van der Waals surface area contributed by atoms with E-state index in [9.17, 15) is 9.59 Å². The summed E-state index contributed by atoms with van der Waals surface area (Å²) in [5, 5.41) is 10.8. The fraction of sp³-hybridized carbons (Fsp3) is 0.238. The largest absolute Gasteiger partial charge is 0.497 e. The van der Waals surface area contributed by atoms with Crippen LogP contribution in [0.15, 0.2) is 58.2 Å². The summed E-state index contributed by atoms with van der Waals surface area (Å²) < 4.78 is 21.1. The number of anilines is 1. The average molecular weight is 443 g/mol. The number of nitrogens with one attached hydrogen (secondary N) is 1. The van der Waals surface area contributed by atoms with Gasteiger partial charge in [0.25, 0.3) is 11.1 Å². The Kier molecular flexibility index (Phi) is 7.88. The number of rotatable bonds is 10. The molecule has 0 aliphatic heterocycles. The van der Waals surface area contributed by atoms with E-state index in [1.165, 1.54) is 0 Å². The van der Waals surface area contributed by atoms with Crippen molar-refractivity contribution in [3.05, 3.63) is 60.0 Å². The number of thioether (sulfide) groups is 1. The van der Waals surface area contributed by atoms with Gasteiger partial charge in [-0.1, -0.05) is 11.8 Å². The van der Waals surface area contributed by atoms with Gasteiger partial charge in [-0.3, -0.25) is 4.79 Å². The minimum atomic E-state index is -0.404. The molecule has 3 rings (SSSR count). The second-order valence-electron chi connectivity index (χ2n) is 6.06. The summed E-state index contributed by atoms with van der Waals surface area (Å²) >= 11 is 1.11. The van der Waals surface area contributed by atoms with Crippen molar-refractivity contribution in [2.75, 3.05) is 24.8 Å². The van der Waals surface area contributed by atoms with Crippen LogP contribution in [0.4, 0.5) is 5.69 Å². The summed E-state index contributed by atoms with van der Waals surface area (Å²) in [5.74, 6) is 1.11. The number of carbonyl (C=O) groups is 2. The van der Waals surface area contributed by atoms with E-state index < -0.39 is 5.97 Å². The molecule has 3 aromatic rings. The van der Waals surface area contributed by atoms with Gasteiger partial charge in [-0.25, -0.2) is 4.79 Å². The molecule has 0 unspecified atom stereocenters. The third kappa shape index (κ3) is 6.75. The van der Waals surface area contributed by atoms with Crippen molar-refractivity contribution in [3.8, 4) is 11.5 Å². The molecule has 9 nitrogen and oxygen atoms in total. The molecule has 162 valence electrons. The Balaban J connectivity index is 1.43. The first-order valence-electron chi connectivity index (χ1n) is 9.36. The van der Waals surface area contributed by atoms with Crippen LogP contribution in [-0.2, 0) is 16.1 Å². The molecule has 1 heterocycles. The van der Waals surface area contributed by atoms with Crippen molar-refractivity contribution in [2.45, 2.75) is 18.8 Å². The molecule has 0 fully saturated rings. The van der Waals surface area contributed by atoms with Gasteiger partial charge in [0.05, 0.1) is 25.0 Å². The van der Waals surface area contributed by atoms with Crippen molar-refractivity contribution in [3.63, 3.8) is 0 Å². The van der Waals surface area contributed by atoms with E-state index in [0.29, 0.717) is 29.5 Å². The summed E-state index contributed by atoms with van der Waals surface area (Å²) in [5.41, 5.74) is 0.988. The molecule has 1 aromatic heterocycles. The van der Waals surface area contributed by atoms with E-state index in [-0.39, 0.29) is 23.5 Å². The number of amides is 1. The summed E-state index contributed by atoms with van der Waals surface area (Å²) in [4.78, 5) is 23.8. The van der Waals surface area contributed by atoms with E-state index in [0.717, 1.165) is 17.5 Å². The molecule has 0 atom stereocenters. The zero-order chi connectivity index (χ0) is 22.1. The molecular weight excluding hydrogens is 422 g/mol. The second-order valence-corrected chi connectivity index (χ2v) is 6.99. The van der Waals surface area contributed by atoms with Crippen LogP contribution in [0, 0.1) is 0 Å². The number of methoxy groups -OCH3 is 1. The first kappa shape index (κ1) is 22.2.